The zero-order valence-corrected chi connectivity index (χ0v) is 35.4. The van der Waals surface area contributed by atoms with Crippen molar-refractivity contribution in [1.29, 1.82) is 0 Å². The number of primary amides is 1. The maximum atomic E-state index is 13.6. The molecule has 1 aliphatic rings. The van der Waals surface area contributed by atoms with E-state index in [1.165, 1.54) is 27.0 Å². The lowest BCUT2D eigenvalue weighted by Crippen LogP contribution is -2.44. The number of anilines is 1. The number of rotatable bonds is 27. The molecule has 1 unspecified atom stereocenters. The first-order chi connectivity index (χ1) is 28.4. The normalized spacial score (nSPS) is 15.1. The van der Waals surface area contributed by atoms with E-state index in [9.17, 15) is 48.3 Å². The largest absolute Gasteiger partial charge is 0.491 e. The Kier molecular flexibility index (Phi) is 22.4. The number of likely N-dealkylation sites (tertiary alicyclic amines) is 1. The van der Waals surface area contributed by atoms with Gasteiger partial charge in [0.1, 0.15) is 25.2 Å². The van der Waals surface area contributed by atoms with E-state index in [1.807, 2.05) is 0 Å². The number of hydrogen-bond donors (Lipinski definition) is 8. The smallest absolute Gasteiger partial charge is 0.407 e. The Balaban J connectivity index is 1.95. The van der Waals surface area contributed by atoms with Gasteiger partial charge in [0.15, 0.2) is 5.78 Å². The highest BCUT2D eigenvalue weighted by Gasteiger charge is 2.39. The van der Waals surface area contributed by atoms with Gasteiger partial charge < -0.3 is 57.0 Å². The number of carbonyl (C=O) groups excluding carboxylic acids is 9. The van der Waals surface area contributed by atoms with E-state index < -0.39 is 65.1 Å². The van der Waals surface area contributed by atoms with Gasteiger partial charge in [-0.3, -0.25) is 38.5 Å². The van der Waals surface area contributed by atoms with Gasteiger partial charge in [0, 0.05) is 88.8 Å². The van der Waals surface area contributed by atoms with Gasteiger partial charge in [-0.2, -0.15) is 0 Å². The van der Waals surface area contributed by atoms with E-state index in [4.69, 9.17) is 19.9 Å². The number of alkyl carbamates (subject to hydrolysis) is 1. The molecule has 0 radical (unpaired) electrons. The highest BCUT2D eigenvalue weighted by Crippen LogP contribution is 2.27. The molecule has 21 nitrogen and oxygen atoms in total. The molecular weight excluding hydrogens is 809 g/mol. The van der Waals surface area contributed by atoms with Crippen molar-refractivity contribution < 1.29 is 62.5 Å². The maximum Gasteiger partial charge on any atom is 0.407 e. The lowest BCUT2D eigenvalue weighted by molar-refractivity contribution is -0.138. The monoisotopic (exact) mass is 866 g/mol. The summed E-state index contributed by atoms with van der Waals surface area (Å²) < 4.78 is 16.7. The molecule has 0 aromatic heterocycles. The molecule has 1 fully saturated rings. The van der Waals surface area contributed by atoms with E-state index in [0.29, 0.717) is 17.7 Å². The maximum absolute atomic E-state index is 13.6. The molecule has 60 heavy (non-hydrogen) atoms. The molecule has 1 aromatic rings. The summed E-state index contributed by atoms with van der Waals surface area (Å²) in [6.45, 7) is 6.32. The molecule has 0 aliphatic carbocycles. The van der Waals surface area contributed by atoms with Gasteiger partial charge >= 0.3 is 12.1 Å². The number of carbonyl (C=O) groups is 9. The van der Waals surface area contributed by atoms with Crippen LogP contribution >= 0.6 is 11.8 Å². The summed E-state index contributed by atoms with van der Waals surface area (Å²) in [6, 6.07) is 3.16. The van der Waals surface area contributed by atoms with Gasteiger partial charge in [-0.15, -0.1) is 11.8 Å². The van der Waals surface area contributed by atoms with Crippen LogP contribution in [0, 0.1) is 11.8 Å². The van der Waals surface area contributed by atoms with Crippen LogP contribution < -0.4 is 42.4 Å². The van der Waals surface area contributed by atoms with Crippen LogP contribution in [0.25, 0.3) is 0 Å². The average molecular weight is 867 g/mol. The quantitative estimate of drug-likeness (QED) is 0.0325. The number of nitrogens with two attached hydrogens (primary N) is 1. The summed E-state index contributed by atoms with van der Waals surface area (Å²) in [7, 11) is 1.40. The summed E-state index contributed by atoms with van der Waals surface area (Å²) >= 11 is 1.05. The van der Waals surface area contributed by atoms with Crippen molar-refractivity contribution >= 4 is 70.8 Å². The summed E-state index contributed by atoms with van der Waals surface area (Å²) in [5.41, 5.74) is 5.93. The standard InChI is InChI=1S/C38H58N8O13S/c1-22(2)34(44-24(4)48)28(49)17-25(7-6-11-42-37(39)55)35(53)45-27-9-8-26(20-59-38(56)40-5)29(18-27)58-16-15-57-14-12-41-31(50)10-13-46-33(52)19-30(36(46)54)60-21-32(51)43-23(3)47/h8-9,18,22,25,30,32,34,51H,6-7,10-17,19-21H2,1-5H3,(H,40,56)(H,41,50)(H,43,47)(H,44,48)(H,45,53)(H3,39,42,55)/t25-,30?,32-,34+/m1/s1. The third-order valence-corrected chi connectivity index (χ3v) is 10.0. The van der Waals surface area contributed by atoms with Crippen molar-refractivity contribution in [2.24, 2.45) is 17.6 Å². The van der Waals surface area contributed by atoms with Crippen LogP contribution in [0.4, 0.5) is 15.3 Å². The predicted octanol–water partition coefficient (Wildman–Crippen LogP) is -0.117. The Bertz CT molecular complexity index is 1680. The highest BCUT2D eigenvalue weighted by atomic mass is 32.2. The van der Waals surface area contributed by atoms with Crippen LogP contribution in [0.15, 0.2) is 18.2 Å². The molecule has 22 heteroatoms. The molecule has 9 N–H and O–H groups in total. The van der Waals surface area contributed by atoms with Crippen molar-refractivity contribution in [3.8, 4) is 5.75 Å². The Morgan fingerprint density at radius 3 is 2.35 bits per heavy atom. The Labute approximate surface area is 352 Å². The second-order valence-electron chi connectivity index (χ2n) is 14.0. The second-order valence-corrected chi connectivity index (χ2v) is 15.3. The number of urea groups is 1. The molecule has 334 valence electrons. The van der Waals surface area contributed by atoms with E-state index in [2.05, 4.69) is 31.9 Å². The highest BCUT2D eigenvalue weighted by molar-refractivity contribution is 8.00. The van der Waals surface area contributed by atoms with Crippen LogP contribution in [-0.2, 0) is 49.6 Å². The van der Waals surface area contributed by atoms with Gasteiger partial charge in [0.05, 0.1) is 24.5 Å². The lowest BCUT2D eigenvalue weighted by atomic mass is 9.89. The first-order valence-corrected chi connectivity index (χ1v) is 20.5. The summed E-state index contributed by atoms with van der Waals surface area (Å²) in [4.78, 5) is 111. The number of nitrogens with zero attached hydrogens (tertiary/aromatic N) is 1. The molecule has 1 aliphatic heterocycles. The first-order valence-electron chi connectivity index (χ1n) is 19.4. The van der Waals surface area contributed by atoms with Gasteiger partial charge in [-0.25, -0.2) is 9.59 Å². The number of aliphatic hydroxyl groups is 1. The van der Waals surface area contributed by atoms with Gasteiger partial charge in [0.25, 0.3) is 0 Å². The fourth-order valence-electron chi connectivity index (χ4n) is 5.82. The summed E-state index contributed by atoms with van der Waals surface area (Å²) in [6.07, 6.45) is -1.67. The lowest BCUT2D eigenvalue weighted by Gasteiger charge is -2.23. The minimum atomic E-state index is -1.16. The molecule has 1 heterocycles. The molecule has 2 rings (SSSR count). The molecule has 0 bridgehead atoms. The number of thioether (sulfide) groups is 1. The molecule has 9 amide bonds. The number of ether oxygens (including phenoxy) is 3. The fraction of sp³-hybridized carbons (Fsp3) is 0.605. The summed E-state index contributed by atoms with van der Waals surface area (Å²) in [5.74, 6) is -3.71. The minimum Gasteiger partial charge on any atom is -0.491 e. The number of amides is 9. The average Bonchev–Trinajstić information content (AvgIpc) is 3.45. The van der Waals surface area contributed by atoms with E-state index in [-0.39, 0.29) is 101 Å². The summed E-state index contributed by atoms with van der Waals surface area (Å²) in [5, 5.41) is 24.3. The van der Waals surface area contributed by atoms with Crippen LogP contribution in [0.2, 0.25) is 0 Å². The zero-order valence-electron chi connectivity index (χ0n) is 34.6. The fourth-order valence-corrected chi connectivity index (χ4v) is 6.85. The number of hydrogen-bond acceptors (Lipinski definition) is 14. The van der Waals surface area contributed by atoms with Crippen LogP contribution in [0.1, 0.15) is 65.4 Å². The molecule has 0 saturated carbocycles. The van der Waals surface area contributed by atoms with Crippen LogP contribution in [0.3, 0.4) is 0 Å². The Morgan fingerprint density at radius 1 is 0.983 bits per heavy atom. The van der Waals surface area contributed by atoms with Crippen molar-refractivity contribution in [1.82, 2.24) is 31.5 Å². The van der Waals surface area contributed by atoms with Crippen molar-refractivity contribution in [2.45, 2.75) is 83.9 Å². The first kappa shape index (κ1) is 50.7. The van der Waals surface area contributed by atoms with Gasteiger partial charge in [0.2, 0.25) is 35.4 Å². The van der Waals surface area contributed by atoms with Crippen molar-refractivity contribution in [2.75, 3.05) is 57.6 Å². The topological polar surface area (TPSA) is 303 Å². The molecule has 4 atom stereocenters. The van der Waals surface area contributed by atoms with Gasteiger partial charge in [-0.1, -0.05) is 13.8 Å². The number of aliphatic hydroxyl groups excluding tert-OH is 1. The molecule has 0 spiro atoms. The SMILES string of the molecule is CNC(=O)OCc1ccc(NC(=O)[C@H](CCCNC(N)=O)CC(=O)[C@@H](NC(C)=O)C(C)C)cc1OCCOCCNC(=O)CCN1C(=O)CC(SC[C@@H](O)NC(C)=O)C1=O. The van der Waals surface area contributed by atoms with E-state index in [0.717, 1.165) is 16.7 Å². The van der Waals surface area contributed by atoms with Crippen LogP contribution in [0.5, 0.6) is 5.75 Å². The second kappa shape index (κ2) is 26.6. The number of nitrogens with one attached hydrogen (secondary N) is 6. The van der Waals surface area contributed by atoms with Crippen LogP contribution in [-0.4, -0.2) is 133 Å². The Hall–Kier alpha value is -5.48. The van der Waals surface area contributed by atoms with E-state index in [1.54, 1.807) is 26.0 Å². The molecule has 1 saturated heterocycles. The number of imide groups is 1. The molecule has 1 aromatic carbocycles. The van der Waals surface area contributed by atoms with E-state index >= 15 is 0 Å². The Morgan fingerprint density at radius 2 is 1.70 bits per heavy atom. The third kappa shape index (κ3) is 19.1. The van der Waals surface area contributed by atoms with Crippen molar-refractivity contribution in [3.05, 3.63) is 23.8 Å². The minimum absolute atomic E-state index is 0.0161. The molecular formula is C38H58N8O13S. The predicted molar refractivity (Wildman–Crippen MR) is 218 cm³/mol. The number of Topliss-reactive ketones (excluding diaryl/α,β-unsaturated/α-hetero) is 1. The number of benzene rings is 1. The zero-order chi connectivity index (χ0) is 44.8. The van der Waals surface area contributed by atoms with Gasteiger partial charge in [-0.05, 0) is 30.9 Å². The third-order valence-electron chi connectivity index (χ3n) is 8.76. The number of ketones is 1. The van der Waals surface area contributed by atoms with Crippen molar-refractivity contribution in [3.63, 3.8) is 0 Å².